The molecule has 1 aliphatic carbocycles. The number of nitrogens with one attached hydrogen (secondary N) is 2. The molecule has 1 amide bonds. The maximum atomic E-state index is 12.3. The molecule has 22 heavy (non-hydrogen) atoms. The lowest BCUT2D eigenvalue weighted by atomic mass is 10.2. The number of carbonyl (C=O) groups excluding carboxylic acids is 1. The molecule has 7 heteroatoms. The first-order valence-corrected chi connectivity index (χ1v) is 8.68. The maximum absolute atomic E-state index is 12.3. The summed E-state index contributed by atoms with van der Waals surface area (Å²) in [5, 5.41) is 15.2. The average Bonchev–Trinajstić information content (AvgIpc) is 3.12. The Morgan fingerprint density at radius 2 is 2.23 bits per heavy atom. The van der Waals surface area contributed by atoms with E-state index in [9.17, 15) is 4.79 Å². The van der Waals surface area contributed by atoms with Crippen molar-refractivity contribution in [3.63, 3.8) is 0 Å². The van der Waals surface area contributed by atoms with Gasteiger partial charge in [0, 0.05) is 12.6 Å². The lowest BCUT2D eigenvalue weighted by Gasteiger charge is -2.16. The van der Waals surface area contributed by atoms with Crippen LogP contribution in [0.4, 0.5) is 0 Å². The van der Waals surface area contributed by atoms with Crippen molar-refractivity contribution in [1.82, 2.24) is 25.4 Å². The van der Waals surface area contributed by atoms with Gasteiger partial charge in [0.1, 0.15) is 5.82 Å². The van der Waals surface area contributed by atoms with Gasteiger partial charge < -0.3 is 15.2 Å². The molecule has 6 nitrogen and oxygen atoms in total. The summed E-state index contributed by atoms with van der Waals surface area (Å²) in [4.78, 5) is 12.3. The van der Waals surface area contributed by atoms with Crippen molar-refractivity contribution >= 4 is 17.7 Å². The van der Waals surface area contributed by atoms with Gasteiger partial charge in [0.15, 0.2) is 5.16 Å². The van der Waals surface area contributed by atoms with Crippen LogP contribution in [0.3, 0.4) is 0 Å². The Labute approximate surface area is 136 Å². The van der Waals surface area contributed by atoms with E-state index in [-0.39, 0.29) is 11.2 Å². The zero-order chi connectivity index (χ0) is 15.9. The molecule has 0 spiro atoms. The number of hydrogen-bond acceptors (Lipinski definition) is 5. The minimum Gasteiger partial charge on any atom is -0.352 e. The molecule has 1 aromatic heterocycles. The van der Waals surface area contributed by atoms with Crippen LogP contribution < -0.4 is 10.6 Å². The van der Waals surface area contributed by atoms with E-state index >= 15 is 0 Å². The number of carbonyl (C=O) groups is 1. The Hall–Kier alpha value is -1.34. The van der Waals surface area contributed by atoms with Crippen molar-refractivity contribution in [3.8, 4) is 0 Å². The van der Waals surface area contributed by atoms with E-state index < -0.39 is 0 Å². The molecule has 0 saturated heterocycles. The molecular formula is C15H25N5OS. The average molecular weight is 323 g/mol. The van der Waals surface area contributed by atoms with E-state index in [1.165, 1.54) is 24.6 Å². The minimum atomic E-state index is -0.184. The quantitative estimate of drug-likeness (QED) is 0.563. The van der Waals surface area contributed by atoms with E-state index in [0.717, 1.165) is 23.8 Å². The van der Waals surface area contributed by atoms with Crippen LogP contribution in [0.2, 0.25) is 0 Å². The normalized spacial score (nSPS) is 16.6. The molecular weight excluding hydrogens is 298 g/mol. The molecule has 0 radical (unpaired) electrons. The van der Waals surface area contributed by atoms with E-state index in [1.54, 1.807) is 0 Å². The van der Waals surface area contributed by atoms with Gasteiger partial charge in [0.2, 0.25) is 5.91 Å². The topological polar surface area (TPSA) is 71.8 Å². The van der Waals surface area contributed by atoms with Gasteiger partial charge in [-0.25, -0.2) is 0 Å². The van der Waals surface area contributed by atoms with E-state index in [0.29, 0.717) is 19.1 Å². The fraction of sp³-hybridized carbons (Fsp3) is 0.667. The smallest absolute Gasteiger partial charge is 0.233 e. The van der Waals surface area contributed by atoms with Gasteiger partial charge in [-0.05, 0) is 26.8 Å². The molecule has 1 heterocycles. The third-order valence-corrected chi connectivity index (χ3v) is 4.87. The third-order valence-electron chi connectivity index (χ3n) is 3.79. The highest BCUT2D eigenvalue weighted by molar-refractivity contribution is 8.00. The SMILES string of the molecule is C=CCn1c(CNC)nnc1S[C@@H](C)C(=O)NC1CCCC1. The van der Waals surface area contributed by atoms with E-state index in [4.69, 9.17) is 0 Å². The van der Waals surface area contributed by atoms with Crippen LogP contribution >= 0.6 is 11.8 Å². The fourth-order valence-electron chi connectivity index (χ4n) is 2.61. The Morgan fingerprint density at radius 1 is 1.50 bits per heavy atom. The van der Waals surface area contributed by atoms with Crippen molar-refractivity contribution in [2.45, 2.75) is 62.1 Å². The first-order chi connectivity index (χ1) is 10.7. The zero-order valence-corrected chi connectivity index (χ0v) is 14.2. The van der Waals surface area contributed by atoms with E-state index in [2.05, 4.69) is 27.4 Å². The predicted molar refractivity (Wildman–Crippen MR) is 88.7 cm³/mol. The number of rotatable bonds is 8. The fourth-order valence-corrected chi connectivity index (χ4v) is 3.49. The molecule has 1 fully saturated rings. The molecule has 2 N–H and O–H groups in total. The second kappa shape index (κ2) is 8.33. The lowest BCUT2D eigenvalue weighted by Crippen LogP contribution is -2.37. The summed E-state index contributed by atoms with van der Waals surface area (Å²) in [6, 6.07) is 0.349. The molecule has 0 aliphatic heterocycles. The monoisotopic (exact) mass is 323 g/mol. The summed E-state index contributed by atoms with van der Waals surface area (Å²) >= 11 is 1.45. The lowest BCUT2D eigenvalue weighted by molar-refractivity contribution is -0.120. The summed E-state index contributed by atoms with van der Waals surface area (Å²) in [6.07, 6.45) is 6.45. The molecule has 122 valence electrons. The van der Waals surface area contributed by atoms with Crippen molar-refractivity contribution in [2.75, 3.05) is 7.05 Å². The van der Waals surface area contributed by atoms with Crippen molar-refractivity contribution < 1.29 is 4.79 Å². The predicted octanol–water partition coefficient (Wildman–Crippen LogP) is 1.72. The summed E-state index contributed by atoms with van der Waals surface area (Å²) in [5.74, 6) is 0.938. The Kier molecular flexibility index (Phi) is 6.45. The summed E-state index contributed by atoms with van der Waals surface area (Å²) in [7, 11) is 1.87. The second-order valence-electron chi connectivity index (χ2n) is 5.58. The highest BCUT2D eigenvalue weighted by Gasteiger charge is 2.23. The van der Waals surface area contributed by atoms with Crippen LogP contribution in [0, 0.1) is 0 Å². The molecule has 1 saturated carbocycles. The molecule has 0 aromatic carbocycles. The van der Waals surface area contributed by atoms with Crippen LogP contribution in [-0.2, 0) is 17.9 Å². The zero-order valence-electron chi connectivity index (χ0n) is 13.3. The summed E-state index contributed by atoms with van der Waals surface area (Å²) in [5.41, 5.74) is 0. The van der Waals surface area contributed by atoms with Crippen LogP contribution in [0.15, 0.2) is 17.8 Å². The minimum absolute atomic E-state index is 0.0835. The number of aromatic nitrogens is 3. The van der Waals surface area contributed by atoms with Crippen LogP contribution in [0.1, 0.15) is 38.4 Å². The first kappa shape index (κ1) is 17.0. The molecule has 1 atom stereocenters. The molecule has 0 bridgehead atoms. The highest BCUT2D eigenvalue weighted by atomic mass is 32.2. The van der Waals surface area contributed by atoms with Gasteiger partial charge in [0.05, 0.1) is 11.8 Å². The number of allylic oxidation sites excluding steroid dienone is 1. The second-order valence-corrected chi connectivity index (χ2v) is 6.89. The Morgan fingerprint density at radius 3 is 2.86 bits per heavy atom. The Balaban J connectivity index is 1.98. The van der Waals surface area contributed by atoms with Crippen LogP contribution in [-0.4, -0.2) is 39.0 Å². The van der Waals surface area contributed by atoms with Gasteiger partial charge in [-0.15, -0.1) is 16.8 Å². The Bertz CT molecular complexity index is 510. The van der Waals surface area contributed by atoms with Crippen LogP contribution in [0.25, 0.3) is 0 Å². The number of thioether (sulfide) groups is 1. The largest absolute Gasteiger partial charge is 0.352 e. The number of nitrogens with zero attached hydrogens (tertiary/aromatic N) is 3. The molecule has 2 rings (SSSR count). The van der Waals surface area contributed by atoms with Crippen LogP contribution in [0.5, 0.6) is 0 Å². The highest BCUT2D eigenvalue weighted by Crippen LogP contribution is 2.24. The third kappa shape index (κ3) is 4.33. The molecule has 1 aromatic rings. The van der Waals surface area contributed by atoms with Gasteiger partial charge in [-0.3, -0.25) is 4.79 Å². The number of hydrogen-bond donors (Lipinski definition) is 2. The van der Waals surface area contributed by atoms with Crippen molar-refractivity contribution in [3.05, 3.63) is 18.5 Å². The van der Waals surface area contributed by atoms with Gasteiger partial charge >= 0.3 is 0 Å². The van der Waals surface area contributed by atoms with Crippen molar-refractivity contribution in [1.29, 1.82) is 0 Å². The summed E-state index contributed by atoms with van der Waals surface area (Å²) < 4.78 is 1.99. The summed E-state index contributed by atoms with van der Waals surface area (Å²) in [6.45, 7) is 6.98. The van der Waals surface area contributed by atoms with E-state index in [1.807, 2.05) is 24.6 Å². The number of amides is 1. The maximum Gasteiger partial charge on any atom is 0.233 e. The standard InChI is InChI=1S/C15H25N5OS/c1-4-9-20-13(10-16-3)18-19-15(20)22-11(2)14(21)17-12-7-5-6-8-12/h4,11-12,16H,1,5-10H2,2-3H3,(H,17,21)/t11-/m0/s1. The molecule has 0 unspecified atom stereocenters. The first-order valence-electron chi connectivity index (χ1n) is 7.80. The van der Waals surface area contributed by atoms with Gasteiger partial charge in [0.25, 0.3) is 0 Å². The van der Waals surface area contributed by atoms with Gasteiger partial charge in [-0.1, -0.05) is 30.7 Å². The van der Waals surface area contributed by atoms with Gasteiger partial charge in [-0.2, -0.15) is 0 Å². The molecule has 1 aliphatic rings. The van der Waals surface area contributed by atoms with Crippen molar-refractivity contribution in [2.24, 2.45) is 0 Å².